The summed E-state index contributed by atoms with van der Waals surface area (Å²) in [5.74, 6) is 0. The van der Waals surface area contributed by atoms with E-state index in [0.29, 0.717) is 0 Å². The summed E-state index contributed by atoms with van der Waals surface area (Å²) in [6.07, 6.45) is 0. The summed E-state index contributed by atoms with van der Waals surface area (Å²) in [5.41, 5.74) is 25.7. The first-order valence-corrected chi connectivity index (χ1v) is 29.0. The Kier molecular flexibility index (Phi) is 23.1. The Balaban J connectivity index is 0.000000134. The molecule has 0 aliphatic carbocycles. The highest BCUT2D eigenvalue weighted by molar-refractivity contribution is 5.74. The number of rotatable bonds is 7. The first kappa shape index (κ1) is 60.0. The van der Waals surface area contributed by atoms with Crippen molar-refractivity contribution in [3.05, 3.63) is 385 Å². The highest BCUT2D eigenvalue weighted by Crippen LogP contribution is 2.28. The first-order valence-electron chi connectivity index (χ1n) is 29.0. The molecule has 0 amide bonds. The van der Waals surface area contributed by atoms with E-state index in [2.05, 4.69) is 345 Å². The molecule has 0 atom stereocenters. The van der Waals surface area contributed by atoms with Crippen LogP contribution in [0.25, 0.3) is 77.9 Å². The van der Waals surface area contributed by atoms with E-state index in [0.717, 1.165) is 0 Å². The second-order valence-electron chi connectivity index (χ2n) is 20.9. The Hall–Kier alpha value is -10.1. The molecule has 0 unspecified atom stereocenters. The molecule has 0 fully saturated rings. The molecule has 0 spiro atoms. The van der Waals surface area contributed by atoms with Crippen LogP contribution in [0.15, 0.2) is 352 Å². The second kappa shape index (κ2) is 32.3. The Morgan fingerprint density at radius 2 is 0.345 bits per heavy atom. The van der Waals surface area contributed by atoms with E-state index < -0.39 is 0 Å². The van der Waals surface area contributed by atoms with E-state index in [-0.39, 0.29) is 0 Å². The summed E-state index contributed by atoms with van der Waals surface area (Å²) < 4.78 is 0. The van der Waals surface area contributed by atoms with Gasteiger partial charge in [-0.15, -0.1) is 0 Å². The third-order valence-corrected chi connectivity index (χ3v) is 14.2. The minimum atomic E-state index is 1.26. The predicted octanol–water partition coefficient (Wildman–Crippen LogP) is 23.6. The van der Waals surface area contributed by atoms with Gasteiger partial charge in [0.05, 0.1) is 0 Å². The van der Waals surface area contributed by atoms with Gasteiger partial charge in [0, 0.05) is 0 Å². The van der Waals surface area contributed by atoms with E-state index in [9.17, 15) is 0 Å². The molecule has 13 aromatic rings. The van der Waals surface area contributed by atoms with Gasteiger partial charge in [-0.25, -0.2) is 0 Å². The molecule has 0 N–H and O–H groups in total. The Bertz CT molecular complexity index is 3910. The topological polar surface area (TPSA) is 0 Å². The molecule has 84 heavy (non-hydrogen) atoms. The Labute approximate surface area is 501 Å². The van der Waals surface area contributed by atoms with Crippen LogP contribution in [0.5, 0.6) is 0 Å². The van der Waals surface area contributed by atoms with Crippen molar-refractivity contribution in [1.82, 2.24) is 0 Å². The smallest absolute Gasteiger partial charge is 0.0155 e. The molecule has 0 aromatic heterocycles. The lowest BCUT2D eigenvalue weighted by Gasteiger charge is -2.06. The maximum atomic E-state index is 2.25. The summed E-state index contributed by atoms with van der Waals surface area (Å²) in [7, 11) is 0. The fraction of sp³-hybridized carbons (Fsp3) is 0.0714. The van der Waals surface area contributed by atoms with Crippen molar-refractivity contribution >= 4 is 0 Å². The fourth-order valence-corrected chi connectivity index (χ4v) is 9.37. The standard InChI is InChI=1S/2C19H16.3C13H12.C7H8/c1-15-10-12-17(13-11-15)19-9-5-8-18(14-19)16-6-3-2-4-7-16;1-15-7-9-17(10-8-15)19-13-11-18(12-14-19)16-5-3-2-4-6-16;1-11-7-5-6-10-13(11)12-8-3-2-4-9-12;1-11-6-5-9-13(10-11)12-7-3-2-4-8-12;1-11-7-9-13(10-8-11)12-5-3-2-4-6-12;1-7-5-3-2-4-6-7/h2*2-14H,1H3;3*2-10H,1H3;2-6H,1H3. The lowest BCUT2D eigenvalue weighted by Crippen LogP contribution is -1.81. The van der Waals surface area contributed by atoms with Gasteiger partial charge >= 0.3 is 0 Å². The van der Waals surface area contributed by atoms with Crippen LogP contribution in [0.1, 0.15) is 33.4 Å². The summed E-state index contributed by atoms with van der Waals surface area (Å²) in [6.45, 7) is 12.7. The molecule has 0 saturated carbocycles. The molecule has 0 saturated heterocycles. The predicted molar refractivity (Wildman–Crippen MR) is 365 cm³/mol. The van der Waals surface area contributed by atoms with Crippen LogP contribution < -0.4 is 0 Å². The number of aryl methyl sites for hydroxylation is 6. The zero-order chi connectivity index (χ0) is 58.6. The molecular weight excluding hydrogens is 1010 g/mol. The van der Waals surface area contributed by atoms with Crippen molar-refractivity contribution < 1.29 is 0 Å². The van der Waals surface area contributed by atoms with Crippen molar-refractivity contribution in [3.8, 4) is 77.9 Å². The third kappa shape index (κ3) is 19.3. The van der Waals surface area contributed by atoms with Crippen LogP contribution >= 0.6 is 0 Å². The average Bonchev–Trinajstić information content (AvgIpc) is 3.64. The average molecular weight is 1090 g/mol. The third-order valence-electron chi connectivity index (χ3n) is 14.2. The zero-order valence-electron chi connectivity index (χ0n) is 49.5. The maximum Gasteiger partial charge on any atom is -0.0155 e. The fourth-order valence-electron chi connectivity index (χ4n) is 9.37. The van der Waals surface area contributed by atoms with Gasteiger partial charge in [-0.3, -0.25) is 0 Å². The number of hydrogen-bond donors (Lipinski definition) is 0. The summed E-state index contributed by atoms with van der Waals surface area (Å²) in [6, 6.07) is 123. The van der Waals surface area contributed by atoms with Crippen LogP contribution in [-0.2, 0) is 0 Å². The number of benzene rings is 13. The van der Waals surface area contributed by atoms with Gasteiger partial charge in [0.1, 0.15) is 0 Å². The van der Waals surface area contributed by atoms with E-state index in [1.54, 1.807) is 0 Å². The van der Waals surface area contributed by atoms with Crippen LogP contribution in [0, 0.1) is 41.5 Å². The summed E-state index contributed by atoms with van der Waals surface area (Å²) in [4.78, 5) is 0. The van der Waals surface area contributed by atoms with Crippen molar-refractivity contribution in [2.75, 3.05) is 0 Å². The summed E-state index contributed by atoms with van der Waals surface area (Å²) >= 11 is 0. The molecular formula is C84H76. The van der Waals surface area contributed by atoms with Crippen LogP contribution in [0.4, 0.5) is 0 Å². The van der Waals surface area contributed by atoms with E-state index in [1.165, 1.54) is 111 Å². The molecule has 0 aliphatic rings. The monoisotopic (exact) mass is 1080 g/mol. The zero-order valence-corrected chi connectivity index (χ0v) is 49.5. The quantitative estimate of drug-likeness (QED) is 0.149. The van der Waals surface area contributed by atoms with Crippen molar-refractivity contribution in [2.45, 2.75) is 41.5 Å². The van der Waals surface area contributed by atoms with Crippen molar-refractivity contribution in [1.29, 1.82) is 0 Å². The van der Waals surface area contributed by atoms with Crippen LogP contribution in [-0.4, -0.2) is 0 Å². The highest BCUT2D eigenvalue weighted by Gasteiger charge is 2.03. The van der Waals surface area contributed by atoms with Gasteiger partial charge in [-0.2, -0.15) is 0 Å². The van der Waals surface area contributed by atoms with Gasteiger partial charge < -0.3 is 0 Å². The van der Waals surface area contributed by atoms with Gasteiger partial charge in [-0.05, 0) is 131 Å². The number of hydrogen-bond acceptors (Lipinski definition) is 0. The first-order chi connectivity index (χ1) is 41.1. The SMILES string of the molecule is Cc1ccc(-c2ccc(-c3ccccc3)cc2)cc1.Cc1ccc(-c2cccc(-c3ccccc3)c2)cc1.Cc1ccc(-c2ccccc2)cc1.Cc1cccc(-c2ccccc2)c1.Cc1ccccc1.Cc1ccccc1-c1ccccc1. The largest absolute Gasteiger partial charge is 0.0622 e. The molecule has 0 aliphatic heterocycles. The van der Waals surface area contributed by atoms with Crippen LogP contribution in [0.3, 0.4) is 0 Å². The van der Waals surface area contributed by atoms with Gasteiger partial charge in [0.25, 0.3) is 0 Å². The molecule has 0 bridgehead atoms. The van der Waals surface area contributed by atoms with Crippen molar-refractivity contribution in [3.63, 3.8) is 0 Å². The lowest BCUT2D eigenvalue weighted by atomic mass is 9.99. The molecule has 412 valence electrons. The second-order valence-corrected chi connectivity index (χ2v) is 20.9. The van der Waals surface area contributed by atoms with E-state index in [4.69, 9.17) is 0 Å². The van der Waals surface area contributed by atoms with Gasteiger partial charge in [0.2, 0.25) is 0 Å². The minimum absolute atomic E-state index is 1.26. The van der Waals surface area contributed by atoms with E-state index in [1.807, 2.05) is 48.5 Å². The Morgan fingerprint density at radius 3 is 0.667 bits per heavy atom. The molecule has 0 nitrogen and oxygen atoms in total. The highest BCUT2D eigenvalue weighted by atomic mass is 14.1. The molecule has 13 aromatic carbocycles. The minimum Gasteiger partial charge on any atom is -0.0622 e. The summed E-state index contributed by atoms with van der Waals surface area (Å²) in [5, 5.41) is 0. The Morgan fingerprint density at radius 1 is 0.131 bits per heavy atom. The van der Waals surface area contributed by atoms with Crippen LogP contribution in [0.2, 0.25) is 0 Å². The van der Waals surface area contributed by atoms with E-state index >= 15 is 0 Å². The van der Waals surface area contributed by atoms with Crippen molar-refractivity contribution in [2.24, 2.45) is 0 Å². The van der Waals surface area contributed by atoms with Gasteiger partial charge in [-0.1, -0.05) is 374 Å². The molecule has 0 heterocycles. The molecule has 0 radical (unpaired) electrons. The normalized spacial score (nSPS) is 10.0. The molecule has 13 rings (SSSR count). The van der Waals surface area contributed by atoms with Gasteiger partial charge in [0.15, 0.2) is 0 Å². The molecule has 0 heteroatoms. The maximum absolute atomic E-state index is 2.25. The lowest BCUT2D eigenvalue weighted by molar-refractivity contribution is 1.46.